The van der Waals surface area contributed by atoms with Crippen LogP contribution in [-0.4, -0.2) is 26.3 Å². The van der Waals surface area contributed by atoms with E-state index in [1.165, 1.54) is 46.6 Å². The first kappa shape index (κ1) is 17.0. The molecule has 0 aliphatic heterocycles. The lowest BCUT2D eigenvalue weighted by molar-refractivity contribution is -0.115. The maximum Gasteiger partial charge on any atom is 0.239 e. The Bertz CT molecular complexity index is 847. The minimum absolute atomic E-state index is 0.146. The maximum atomic E-state index is 13.0. The number of thiazole rings is 1. The summed E-state index contributed by atoms with van der Waals surface area (Å²) in [5.74, 6) is -0.437. The number of aromatic nitrogens is 3. The van der Waals surface area contributed by atoms with E-state index in [9.17, 15) is 9.18 Å². The SMILES string of the molecule is Cc1nnc(SC(C)C(=O)Nc2nc(-c3ccc(F)cc3)cs2)s1. The second-order valence-electron chi connectivity index (χ2n) is 4.88. The first-order valence-electron chi connectivity index (χ1n) is 7.00. The van der Waals surface area contributed by atoms with Gasteiger partial charge in [-0.25, -0.2) is 9.37 Å². The van der Waals surface area contributed by atoms with Crippen molar-refractivity contribution in [2.75, 3.05) is 5.32 Å². The van der Waals surface area contributed by atoms with Gasteiger partial charge in [-0.15, -0.1) is 21.5 Å². The third-order valence-electron chi connectivity index (χ3n) is 3.03. The fourth-order valence-electron chi connectivity index (χ4n) is 1.82. The molecule has 3 aromatic rings. The number of nitrogens with zero attached hydrogens (tertiary/aromatic N) is 3. The van der Waals surface area contributed by atoms with E-state index < -0.39 is 0 Å². The number of amides is 1. The maximum absolute atomic E-state index is 13.0. The van der Waals surface area contributed by atoms with Crippen LogP contribution < -0.4 is 5.32 Å². The number of aryl methyl sites for hydroxylation is 1. The van der Waals surface area contributed by atoms with Crippen molar-refractivity contribution in [1.29, 1.82) is 0 Å². The predicted molar refractivity (Wildman–Crippen MR) is 96.1 cm³/mol. The molecule has 0 aliphatic carbocycles. The Morgan fingerprint density at radius 2 is 2.04 bits per heavy atom. The van der Waals surface area contributed by atoms with Crippen LogP contribution in [0.4, 0.5) is 9.52 Å². The van der Waals surface area contributed by atoms with Gasteiger partial charge in [0.2, 0.25) is 5.91 Å². The Morgan fingerprint density at radius 1 is 1.29 bits per heavy atom. The van der Waals surface area contributed by atoms with Crippen LogP contribution >= 0.6 is 34.4 Å². The highest BCUT2D eigenvalue weighted by molar-refractivity contribution is 8.02. The highest BCUT2D eigenvalue weighted by Crippen LogP contribution is 2.28. The average molecular weight is 380 g/mol. The summed E-state index contributed by atoms with van der Waals surface area (Å²) in [6.07, 6.45) is 0. The summed E-state index contributed by atoms with van der Waals surface area (Å²) in [7, 11) is 0. The van der Waals surface area contributed by atoms with Crippen molar-refractivity contribution in [2.45, 2.75) is 23.4 Å². The minimum atomic E-state index is -0.310. The molecular formula is C15H13FN4OS3. The molecule has 1 amide bonds. The largest absolute Gasteiger partial charge is 0.301 e. The fraction of sp³-hybridized carbons (Fsp3) is 0.200. The number of benzene rings is 1. The van der Waals surface area contributed by atoms with Gasteiger partial charge in [0.25, 0.3) is 0 Å². The Balaban J connectivity index is 1.63. The predicted octanol–water partition coefficient (Wildman–Crippen LogP) is 4.23. The van der Waals surface area contributed by atoms with Crippen molar-refractivity contribution in [3.8, 4) is 11.3 Å². The van der Waals surface area contributed by atoms with E-state index >= 15 is 0 Å². The van der Waals surface area contributed by atoms with Crippen molar-refractivity contribution < 1.29 is 9.18 Å². The molecule has 1 unspecified atom stereocenters. The number of carbonyl (C=O) groups is 1. The highest BCUT2D eigenvalue weighted by Gasteiger charge is 2.18. The van der Waals surface area contributed by atoms with E-state index in [2.05, 4.69) is 20.5 Å². The van der Waals surface area contributed by atoms with E-state index in [1.807, 2.05) is 19.2 Å². The van der Waals surface area contributed by atoms with Crippen LogP contribution in [0.25, 0.3) is 11.3 Å². The summed E-state index contributed by atoms with van der Waals surface area (Å²) in [4.78, 5) is 16.6. The topological polar surface area (TPSA) is 67.8 Å². The molecule has 0 radical (unpaired) electrons. The van der Waals surface area contributed by atoms with Gasteiger partial charge in [0.15, 0.2) is 9.47 Å². The number of hydrogen-bond acceptors (Lipinski definition) is 7. The van der Waals surface area contributed by atoms with Crippen LogP contribution in [0.1, 0.15) is 11.9 Å². The average Bonchev–Trinajstić information content (AvgIpc) is 3.17. The summed E-state index contributed by atoms with van der Waals surface area (Å²) in [6, 6.07) is 6.09. The van der Waals surface area contributed by atoms with Crippen LogP contribution in [0, 0.1) is 12.7 Å². The lowest BCUT2D eigenvalue weighted by Gasteiger charge is -2.07. The molecule has 0 saturated heterocycles. The molecule has 0 saturated carbocycles. The standard InChI is InChI=1S/C15H13FN4OS3/c1-8(23-15-20-19-9(2)24-15)13(21)18-14-17-12(7-22-14)10-3-5-11(16)6-4-10/h3-8H,1-2H3,(H,17,18,21). The van der Waals surface area contributed by atoms with Gasteiger partial charge in [0.1, 0.15) is 10.8 Å². The van der Waals surface area contributed by atoms with E-state index in [1.54, 1.807) is 12.1 Å². The summed E-state index contributed by atoms with van der Waals surface area (Å²) in [5.41, 5.74) is 1.51. The number of carbonyl (C=O) groups excluding carboxylic acids is 1. The quantitative estimate of drug-likeness (QED) is 0.671. The first-order valence-corrected chi connectivity index (χ1v) is 9.58. The van der Waals surface area contributed by atoms with Crippen molar-refractivity contribution in [3.63, 3.8) is 0 Å². The molecule has 2 heterocycles. The van der Waals surface area contributed by atoms with Gasteiger partial charge in [0.05, 0.1) is 10.9 Å². The lowest BCUT2D eigenvalue weighted by atomic mass is 10.2. The van der Waals surface area contributed by atoms with Crippen LogP contribution in [0.15, 0.2) is 34.0 Å². The van der Waals surface area contributed by atoms with Gasteiger partial charge in [-0.3, -0.25) is 4.79 Å². The molecule has 1 N–H and O–H groups in total. The monoisotopic (exact) mass is 380 g/mol. The summed E-state index contributed by atoms with van der Waals surface area (Å²) < 4.78 is 13.7. The molecule has 1 atom stereocenters. The van der Waals surface area contributed by atoms with E-state index in [4.69, 9.17) is 0 Å². The van der Waals surface area contributed by atoms with Gasteiger partial charge in [0, 0.05) is 10.9 Å². The van der Waals surface area contributed by atoms with Crippen molar-refractivity contribution in [2.24, 2.45) is 0 Å². The number of nitrogens with one attached hydrogen (secondary N) is 1. The zero-order valence-corrected chi connectivity index (χ0v) is 15.3. The van der Waals surface area contributed by atoms with E-state index in [0.29, 0.717) is 10.8 Å². The van der Waals surface area contributed by atoms with Crippen molar-refractivity contribution in [3.05, 3.63) is 40.5 Å². The third-order valence-corrected chi connectivity index (χ3v) is 5.81. The molecule has 2 aromatic heterocycles. The smallest absolute Gasteiger partial charge is 0.239 e. The fourth-order valence-corrected chi connectivity index (χ4v) is 4.50. The molecule has 3 rings (SSSR count). The number of anilines is 1. The van der Waals surface area contributed by atoms with Crippen LogP contribution in [0.5, 0.6) is 0 Å². The molecule has 0 aliphatic rings. The summed E-state index contributed by atoms with van der Waals surface area (Å²) in [5, 5.41) is 13.6. The Hall–Kier alpha value is -1.84. The van der Waals surface area contributed by atoms with Gasteiger partial charge in [-0.1, -0.05) is 23.1 Å². The molecule has 0 spiro atoms. The molecule has 24 heavy (non-hydrogen) atoms. The first-order chi connectivity index (χ1) is 11.5. The van der Waals surface area contributed by atoms with Gasteiger partial charge in [-0.2, -0.15) is 0 Å². The Labute approximate surface area is 150 Å². The number of hydrogen-bond donors (Lipinski definition) is 1. The van der Waals surface area contributed by atoms with E-state index in [0.717, 1.165) is 14.9 Å². The van der Waals surface area contributed by atoms with Gasteiger partial charge >= 0.3 is 0 Å². The Morgan fingerprint density at radius 3 is 2.71 bits per heavy atom. The van der Waals surface area contributed by atoms with Crippen molar-refractivity contribution in [1.82, 2.24) is 15.2 Å². The van der Waals surface area contributed by atoms with Crippen LogP contribution in [0.3, 0.4) is 0 Å². The van der Waals surface area contributed by atoms with Gasteiger partial charge < -0.3 is 5.32 Å². The number of rotatable bonds is 5. The molecule has 9 heteroatoms. The van der Waals surface area contributed by atoms with Gasteiger partial charge in [-0.05, 0) is 38.1 Å². The zero-order valence-electron chi connectivity index (χ0n) is 12.8. The van der Waals surface area contributed by atoms with Crippen molar-refractivity contribution >= 4 is 45.5 Å². The second-order valence-corrected chi connectivity index (χ2v) is 8.51. The molecule has 124 valence electrons. The molecule has 1 aromatic carbocycles. The minimum Gasteiger partial charge on any atom is -0.301 e. The third kappa shape index (κ3) is 4.16. The summed E-state index contributed by atoms with van der Waals surface area (Å²) >= 11 is 4.16. The zero-order chi connectivity index (χ0) is 17.1. The van der Waals surface area contributed by atoms with Crippen LogP contribution in [0.2, 0.25) is 0 Å². The second kappa shape index (κ2) is 7.37. The highest BCUT2D eigenvalue weighted by atomic mass is 32.2. The molecule has 0 bridgehead atoms. The normalized spacial score (nSPS) is 12.1. The molecular weight excluding hydrogens is 367 g/mol. The lowest BCUT2D eigenvalue weighted by Crippen LogP contribution is -2.22. The number of thioether (sulfide) groups is 1. The van der Waals surface area contributed by atoms with Crippen LogP contribution in [-0.2, 0) is 4.79 Å². The van der Waals surface area contributed by atoms with E-state index in [-0.39, 0.29) is 17.0 Å². The number of halogens is 1. The molecule has 5 nitrogen and oxygen atoms in total. The summed E-state index contributed by atoms with van der Waals surface area (Å²) in [6.45, 7) is 3.68. The molecule has 0 fully saturated rings. The Kier molecular flexibility index (Phi) is 5.22.